The molecule has 0 aliphatic heterocycles. The minimum atomic E-state index is -0.456. The Morgan fingerprint density at radius 3 is 2.08 bits per heavy atom. The zero-order chi connectivity index (χ0) is 17.8. The number of carbonyl (C=O) groups excluding carboxylic acids is 1. The maximum absolute atomic E-state index is 12.1. The van der Waals surface area contributed by atoms with Gasteiger partial charge >= 0.3 is 0 Å². The zero-order valence-electron chi connectivity index (χ0n) is 15.1. The summed E-state index contributed by atoms with van der Waals surface area (Å²) in [5.41, 5.74) is -0.0681. The third kappa shape index (κ3) is 8.49. The van der Waals surface area contributed by atoms with E-state index >= 15 is 0 Å². The Kier molecular flexibility index (Phi) is 9.70. The second-order valence-corrected chi connectivity index (χ2v) is 6.28. The molecule has 0 amide bonds. The Morgan fingerprint density at radius 1 is 1.00 bits per heavy atom. The summed E-state index contributed by atoms with van der Waals surface area (Å²) in [7, 11) is 1.64. The number of methoxy groups -OCH3 is 1. The largest absolute Gasteiger partial charge is 0.382 e. The first kappa shape index (κ1) is 20.7. The normalized spacial score (nSPS) is 11.8. The first-order chi connectivity index (χ1) is 11.4. The molecule has 1 aromatic heterocycles. The highest BCUT2D eigenvalue weighted by Gasteiger charge is 2.25. The number of ketones is 1. The molecule has 24 heavy (non-hydrogen) atoms. The molecule has 0 atom stereocenters. The summed E-state index contributed by atoms with van der Waals surface area (Å²) in [5, 5.41) is 7.85. The lowest BCUT2D eigenvalue weighted by Crippen LogP contribution is -2.20. The number of rotatable bonds is 13. The van der Waals surface area contributed by atoms with Crippen molar-refractivity contribution in [2.45, 2.75) is 27.3 Å². The molecule has 0 N–H and O–H groups in total. The third-order valence-corrected chi connectivity index (χ3v) is 3.09. The maximum atomic E-state index is 12.1. The van der Waals surface area contributed by atoms with E-state index in [0.29, 0.717) is 58.5 Å². The fourth-order valence-electron chi connectivity index (χ4n) is 1.74. The summed E-state index contributed by atoms with van der Waals surface area (Å²) in [6.45, 7) is 9.88. The topological polar surface area (TPSA) is 84.7 Å². The maximum Gasteiger partial charge on any atom is 0.190 e. The molecule has 0 aromatic carbocycles. The lowest BCUT2D eigenvalue weighted by Gasteiger charge is -2.13. The van der Waals surface area contributed by atoms with E-state index in [-0.39, 0.29) is 5.78 Å². The van der Waals surface area contributed by atoms with Gasteiger partial charge in [0.15, 0.2) is 5.78 Å². The van der Waals surface area contributed by atoms with Gasteiger partial charge in [-0.25, -0.2) is 4.68 Å². The molecule has 0 bridgehead atoms. The molecule has 0 saturated heterocycles. The third-order valence-electron chi connectivity index (χ3n) is 3.09. The SMILES string of the molecule is COCCOCCOCCOCCn1cc(C(=O)C(C)(C)C)nn1. The quantitative estimate of drug-likeness (QED) is 0.393. The van der Waals surface area contributed by atoms with Crippen molar-refractivity contribution in [1.29, 1.82) is 0 Å². The second kappa shape index (κ2) is 11.2. The molecule has 8 nitrogen and oxygen atoms in total. The highest BCUT2D eigenvalue weighted by atomic mass is 16.6. The Labute approximate surface area is 143 Å². The molecule has 0 fully saturated rings. The minimum absolute atomic E-state index is 0.0178. The van der Waals surface area contributed by atoms with Crippen molar-refractivity contribution >= 4 is 5.78 Å². The standard InChI is InChI=1S/C16H29N3O5/c1-16(2,3)15(20)14-13-19(18-17-14)5-6-22-9-10-24-12-11-23-8-7-21-4/h13H,5-12H2,1-4H3. The van der Waals surface area contributed by atoms with E-state index in [4.69, 9.17) is 18.9 Å². The monoisotopic (exact) mass is 343 g/mol. The van der Waals surface area contributed by atoms with Gasteiger partial charge in [0.1, 0.15) is 5.69 Å². The van der Waals surface area contributed by atoms with Crippen LogP contribution in [0.25, 0.3) is 0 Å². The molecule has 0 unspecified atom stereocenters. The van der Waals surface area contributed by atoms with E-state index in [1.807, 2.05) is 20.8 Å². The minimum Gasteiger partial charge on any atom is -0.382 e. The van der Waals surface area contributed by atoms with Crippen LogP contribution in [0.2, 0.25) is 0 Å². The summed E-state index contributed by atoms with van der Waals surface area (Å²) in [4.78, 5) is 12.1. The van der Waals surface area contributed by atoms with Crippen molar-refractivity contribution < 1.29 is 23.7 Å². The fourth-order valence-corrected chi connectivity index (χ4v) is 1.74. The van der Waals surface area contributed by atoms with Gasteiger partial charge in [0, 0.05) is 12.5 Å². The van der Waals surface area contributed by atoms with Crippen molar-refractivity contribution in [1.82, 2.24) is 15.0 Å². The van der Waals surface area contributed by atoms with Crippen LogP contribution in [0.3, 0.4) is 0 Å². The first-order valence-electron chi connectivity index (χ1n) is 8.12. The summed E-state index contributed by atoms with van der Waals surface area (Å²) in [6, 6.07) is 0. The second-order valence-electron chi connectivity index (χ2n) is 6.28. The molecule has 1 heterocycles. The summed E-state index contributed by atoms with van der Waals surface area (Å²) in [6.07, 6.45) is 1.66. The Balaban J connectivity index is 2.04. The van der Waals surface area contributed by atoms with Crippen LogP contribution in [0.15, 0.2) is 6.20 Å². The van der Waals surface area contributed by atoms with Gasteiger partial charge in [-0.1, -0.05) is 26.0 Å². The number of hydrogen-bond donors (Lipinski definition) is 0. The number of ether oxygens (including phenoxy) is 4. The van der Waals surface area contributed by atoms with E-state index < -0.39 is 5.41 Å². The number of nitrogens with zero attached hydrogens (tertiary/aromatic N) is 3. The van der Waals surface area contributed by atoms with Crippen LogP contribution in [-0.4, -0.2) is 74.1 Å². The van der Waals surface area contributed by atoms with Crippen LogP contribution in [0.5, 0.6) is 0 Å². The van der Waals surface area contributed by atoms with Gasteiger partial charge in [0.2, 0.25) is 0 Å². The van der Waals surface area contributed by atoms with Crippen molar-refractivity contribution in [3.8, 4) is 0 Å². The first-order valence-corrected chi connectivity index (χ1v) is 8.12. The highest BCUT2D eigenvalue weighted by Crippen LogP contribution is 2.18. The summed E-state index contributed by atoms with van der Waals surface area (Å²) in [5.74, 6) is -0.0178. The van der Waals surface area contributed by atoms with Gasteiger partial charge in [-0.05, 0) is 0 Å². The number of Topliss-reactive ketones (excluding diaryl/α,β-unsaturated/α-hetero) is 1. The van der Waals surface area contributed by atoms with Gasteiger partial charge in [-0.3, -0.25) is 4.79 Å². The van der Waals surface area contributed by atoms with E-state index in [1.54, 1.807) is 18.0 Å². The van der Waals surface area contributed by atoms with Crippen LogP contribution in [-0.2, 0) is 25.5 Å². The number of aromatic nitrogens is 3. The average Bonchev–Trinajstić information content (AvgIpc) is 2.99. The average molecular weight is 343 g/mol. The van der Waals surface area contributed by atoms with Crippen LogP contribution >= 0.6 is 0 Å². The predicted octanol–water partition coefficient (Wildman–Crippen LogP) is 1.20. The Morgan fingerprint density at radius 2 is 1.54 bits per heavy atom. The molecule has 1 rings (SSSR count). The summed E-state index contributed by atoms with van der Waals surface area (Å²) >= 11 is 0. The fraction of sp³-hybridized carbons (Fsp3) is 0.812. The van der Waals surface area contributed by atoms with Crippen LogP contribution in [0.1, 0.15) is 31.3 Å². The number of carbonyl (C=O) groups is 1. The van der Waals surface area contributed by atoms with Crippen molar-refractivity contribution in [3.05, 3.63) is 11.9 Å². The molecule has 1 aromatic rings. The molecule has 0 radical (unpaired) electrons. The lowest BCUT2D eigenvalue weighted by atomic mass is 9.89. The summed E-state index contributed by atoms with van der Waals surface area (Å²) < 4.78 is 22.6. The molecule has 8 heteroatoms. The van der Waals surface area contributed by atoms with E-state index in [1.165, 1.54) is 0 Å². The van der Waals surface area contributed by atoms with E-state index in [9.17, 15) is 4.79 Å². The van der Waals surface area contributed by atoms with Crippen molar-refractivity contribution in [3.63, 3.8) is 0 Å². The molecule has 138 valence electrons. The highest BCUT2D eigenvalue weighted by molar-refractivity contribution is 5.97. The van der Waals surface area contributed by atoms with E-state index in [2.05, 4.69) is 10.3 Å². The molecular weight excluding hydrogens is 314 g/mol. The molecule has 0 aliphatic carbocycles. The van der Waals surface area contributed by atoms with Gasteiger partial charge in [0.05, 0.1) is 59.0 Å². The smallest absolute Gasteiger partial charge is 0.190 e. The Bertz CT molecular complexity index is 471. The lowest BCUT2D eigenvalue weighted by molar-refractivity contribution is 0.00244. The Hall–Kier alpha value is -1.35. The van der Waals surface area contributed by atoms with Crippen LogP contribution in [0, 0.1) is 5.41 Å². The molecule has 0 spiro atoms. The van der Waals surface area contributed by atoms with Crippen molar-refractivity contribution in [2.75, 3.05) is 53.4 Å². The van der Waals surface area contributed by atoms with Gasteiger partial charge in [-0.2, -0.15) is 0 Å². The zero-order valence-corrected chi connectivity index (χ0v) is 15.1. The van der Waals surface area contributed by atoms with E-state index in [0.717, 1.165) is 0 Å². The predicted molar refractivity (Wildman–Crippen MR) is 88.1 cm³/mol. The van der Waals surface area contributed by atoms with Gasteiger partial charge in [0.25, 0.3) is 0 Å². The molecular formula is C16H29N3O5. The van der Waals surface area contributed by atoms with Gasteiger partial charge < -0.3 is 18.9 Å². The van der Waals surface area contributed by atoms with Crippen LogP contribution < -0.4 is 0 Å². The molecule has 0 saturated carbocycles. The number of hydrogen-bond acceptors (Lipinski definition) is 7. The molecule has 0 aliphatic rings. The van der Waals surface area contributed by atoms with Crippen LogP contribution in [0.4, 0.5) is 0 Å². The van der Waals surface area contributed by atoms with Gasteiger partial charge in [-0.15, -0.1) is 5.10 Å². The van der Waals surface area contributed by atoms with Crippen molar-refractivity contribution in [2.24, 2.45) is 5.41 Å².